The number of carbonyl (C=O) groups excluding carboxylic acids is 1. The van der Waals surface area contributed by atoms with Gasteiger partial charge >= 0.3 is 0 Å². The fraction of sp³-hybridized carbons (Fsp3) is 0.400. The van der Waals surface area contributed by atoms with E-state index in [1.165, 1.54) is 4.68 Å². The van der Waals surface area contributed by atoms with Crippen molar-refractivity contribution in [1.82, 2.24) is 19.5 Å². The molecule has 0 fully saturated rings. The van der Waals surface area contributed by atoms with Crippen LogP contribution in [0.2, 0.25) is 0 Å². The minimum absolute atomic E-state index is 0.115. The second-order valence-electron chi connectivity index (χ2n) is 5.24. The van der Waals surface area contributed by atoms with Crippen molar-refractivity contribution in [2.45, 2.75) is 19.9 Å². The van der Waals surface area contributed by atoms with E-state index in [-0.39, 0.29) is 18.0 Å². The molecule has 0 aliphatic heterocycles. The first kappa shape index (κ1) is 15.3. The van der Waals surface area contributed by atoms with Gasteiger partial charge in [0.1, 0.15) is 17.9 Å². The van der Waals surface area contributed by atoms with Crippen LogP contribution in [0, 0.1) is 6.92 Å². The Bertz CT molecular complexity index is 905. The Labute approximate surface area is 131 Å². The molecular weight excluding hydrogens is 300 g/mol. The van der Waals surface area contributed by atoms with E-state index in [2.05, 4.69) is 10.4 Å². The lowest BCUT2D eigenvalue weighted by Crippen LogP contribution is -2.35. The van der Waals surface area contributed by atoms with Crippen LogP contribution in [0.25, 0.3) is 16.6 Å². The summed E-state index contributed by atoms with van der Waals surface area (Å²) in [5.74, 6) is 0.359. The summed E-state index contributed by atoms with van der Waals surface area (Å²) < 4.78 is 13.1. The van der Waals surface area contributed by atoms with Gasteiger partial charge in [-0.1, -0.05) is 0 Å². The van der Waals surface area contributed by atoms with Gasteiger partial charge in [0.05, 0.1) is 11.8 Å². The standard InChI is InChI=1S/C15H18N4O4/c1-10-17-18(9-14(20)16-5-3-6-22-2)15(21)12-8-13-11(19(10)12)4-7-23-13/h4,7-8H,3,5-6,9H2,1-2H3,(H,16,20). The van der Waals surface area contributed by atoms with Gasteiger partial charge in [-0.05, 0) is 13.3 Å². The smallest absolute Gasteiger partial charge is 0.291 e. The first-order valence-corrected chi connectivity index (χ1v) is 7.34. The van der Waals surface area contributed by atoms with Gasteiger partial charge in [-0.3, -0.25) is 14.0 Å². The van der Waals surface area contributed by atoms with E-state index in [0.29, 0.717) is 30.1 Å². The lowest BCUT2D eigenvalue weighted by Gasteiger charge is -2.09. The highest BCUT2D eigenvalue weighted by Gasteiger charge is 2.15. The number of fused-ring (bicyclic) bond motifs is 3. The Kier molecular flexibility index (Phi) is 4.16. The molecule has 3 aromatic rings. The summed E-state index contributed by atoms with van der Waals surface area (Å²) in [5.41, 5.74) is 1.53. The van der Waals surface area contributed by atoms with Gasteiger partial charge in [0.25, 0.3) is 5.56 Å². The van der Waals surface area contributed by atoms with E-state index >= 15 is 0 Å². The number of ether oxygens (including phenoxy) is 1. The second-order valence-corrected chi connectivity index (χ2v) is 5.24. The van der Waals surface area contributed by atoms with Crippen molar-refractivity contribution in [2.75, 3.05) is 20.3 Å². The van der Waals surface area contributed by atoms with Gasteiger partial charge in [-0.2, -0.15) is 5.10 Å². The van der Waals surface area contributed by atoms with E-state index in [1.807, 2.05) is 0 Å². The minimum Gasteiger partial charge on any atom is -0.463 e. The molecule has 8 nitrogen and oxygen atoms in total. The number of carbonyl (C=O) groups is 1. The Morgan fingerprint density at radius 3 is 3.04 bits per heavy atom. The van der Waals surface area contributed by atoms with Crippen molar-refractivity contribution in [2.24, 2.45) is 0 Å². The zero-order valence-corrected chi connectivity index (χ0v) is 13.0. The SMILES string of the molecule is COCCCNC(=O)Cn1nc(C)n2c(cc3occc32)c1=O. The highest BCUT2D eigenvalue weighted by Crippen LogP contribution is 2.19. The monoisotopic (exact) mass is 318 g/mol. The number of nitrogens with zero attached hydrogens (tertiary/aromatic N) is 3. The number of aromatic nitrogens is 3. The largest absolute Gasteiger partial charge is 0.463 e. The Morgan fingerprint density at radius 2 is 2.26 bits per heavy atom. The van der Waals surface area contributed by atoms with Crippen LogP contribution in [0.4, 0.5) is 0 Å². The molecule has 0 unspecified atom stereocenters. The number of aryl methyl sites for hydroxylation is 1. The Balaban J connectivity index is 1.85. The third-order valence-electron chi connectivity index (χ3n) is 3.61. The van der Waals surface area contributed by atoms with Gasteiger partial charge in [-0.25, -0.2) is 4.68 Å². The van der Waals surface area contributed by atoms with Crippen molar-refractivity contribution >= 4 is 22.5 Å². The number of amides is 1. The maximum atomic E-state index is 12.5. The summed E-state index contributed by atoms with van der Waals surface area (Å²) in [6, 6.07) is 3.45. The Morgan fingerprint density at radius 1 is 1.43 bits per heavy atom. The molecule has 3 rings (SSSR count). The van der Waals surface area contributed by atoms with Crippen LogP contribution in [0.1, 0.15) is 12.2 Å². The van der Waals surface area contributed by atoms with Crippen LogP contribution in [0.15, 0.2) is 27.6 Å². The highest BCUT2D eigenvalue weighted by molar-refractivity contribution is 5.82. The predicted octanol–water partition coefficient (Wildman–Crippen LogP) is 0.703. The van der Waals surface area contributed by atoms with E-state index in [1.54, 1.807) is 36.8 Å². The number of rotatable bonds is 6. The molecule has 0 radical (unpaired) electrons. The summed E-state index contributed by atoms with van der Waals surface area (Å²) in [6.45, 7) is 2.75. The third-order valence-corrected chi connectivity index (χ3v) is 3.61. The van der Waals surface area contributed by atoms with Crippen LogP contribution < -0.4 is 10.9 Å². The summed E-state index contributed by atoms with van der Waals surface area (Å²) in [6.07, 6.45) is 2.28. The molecule has 0 bridgehead atoms. The molecule has 3 heterocycles. The first-order valence-electron chi connectivity index (χ1n) is 7.34. The van der Waals surface area contributed by atoms with Crippen LogP contribution >= 0.6 is 0 Å². The van der Waals surface area contributed by atoms with Gasteiger partial charge in [-0.15, -0.1) is 0 Å². The van der Waals surface area contributed by atoms with Crippen LogP contribution in [0.3, 0.4) is 0 Å². The number of furan rings is 1. The van der Waals surface area contributed by atoms with Gasteiger partial charge in [0.2, 0.25) is 5.91 Å². The summed E-state index contributed by atoms with van der Waals surface area (Å²) in [4.78, 5) is 24.4. The van der Waals surface area contributed by atoms with E-state index in [9.17, 15) is 9.59 Å². The topological polar surface area (TPSA) is 90.8 Å². The van der Waals surface area contributed by atoms with Crippen molar-refractivity contribution < 1.29 is 13.9 Å². The van der Waals surface area contributed by atoms with Crippen LogP contribution in [0.5, 0.6) is 0 Å². The van der Waals surface area contributed by atoms with Gasteiger partial charge in [0, 0.05) is 32.4 Å². The number of methoxy groups -OCH3 is 1. The normalized spacial score (nSPS) is 11.4. The van der Waals surface area contributed by atoms with Crippen LogP contribution in [-0.4, -0.2) is 40.3 Å². The first-order chi connectivity index (χ1) is 11.1. The van der Waals surface area contributed by atoms with E-state index in [0.717, 1.165) is 11.9 Å². The van der Waals surface area contributed by atoms with Crippen molar-refractivity contribution in [3.05, 3.63) is 34.6 Å². The summed E-state index contributed by atoms with van der Waals surface area (Å²) in [5, 5.41) is 6.97. The van der Waals surface area contributed by atoms with Gasteiger partial charge < -0.3 is 14.5 Å². The fourth-order valence-corrected chi connectivity index (χ4v) is 2.57. The number of hydrogen-bond acceptors (Lipinski definition) is 5. The van der Waals surface area contributed by atoms with Crippen molar-refractivity contribution in [1.29, 1.82) is 0 Å². The lowest BCUT2D eigenvalue weighted by molar-refractivity contribution is -0.121. The van der Waals surface area contributed by atoms with Gasteiger partial charge in [0.15, 0.2) is 5.58 Å². The second kappa shape index (κ2) is 6.25. The van der Waals surface area contributed by atoms with Crippen molar-refractivity contribution in [3.8, 4) is 0 Å². The number of hydrogen-bond donors (Lipinski definition) is 1. The summed E-state index contributed by atoms with van der Waals surface area (Å²) >= 11 is 0. The molecule has 1 amide bonds. The molecule has 0 aliphatic rings. The lowest BCUT2D eigenvalue weighted by atomic mass is 10.4. The van der Waals surface area contributed by atoms with E-state index in [4.69, 9.17) is 9.15 Å². The molecule has 8 heteroatoms. The molecule has 3 aromatic heterocycles. The zero-order valence-electron chi connectivity index (χ0n) is 13.0. The maximum Gasteiger partial charge on any atom is 0.291 e. The summed E-state index contributed by atoms with van der Waals surface area (Å²) in [7, 11) is 1.61. The number of nitrogens with one attached hydrogen (secondary N) is 1. The average molecular weight is 318 g/mol. The molecule has 0 aliphatic carbocycles. The quantitative estimate of drug-likeness (QED) is 0.676. The Hall–Kier alpha value is -2.61. The van der Waals surface area contributed by atoms with E-state index < -0.39 is 0 Å². The van der Waals surface area contributed by atoms with Crippen molar-refractivity contribution in [3.63, 3.8) is 0 Å². The molecule has 1 N–H and O–H groups in total. The molecule has 23 heavy (non-hydrogen) atoms. The minimum atomic E-state index is -0.325. The zero-order chi connectivity index (χ0) is 16.4. The third kappa shape index (κ3) is 2.85. The fourth-order valence-electron chi connectivity index (χ4n) is 2.57. The molecule has 0 saturated carbocycles. The maximum absolute atomic E-state index is 12.5. The molecule has 0 spiro atoms. The molecular formula is C15H18N4O4. The van der Waals surface area contributed by atoms with Crippen LogP contribution in [-0.2, 0) is 16.1 Å². The average Bonchev–Trinajstić information content (AvgIpc) is 3.09. The molecule has 122 valence electrons. The molecule has 0 aromatic carbocycles. The highest BCUT2D eigenvalue weighted by atomic mass is 16.5. The molecule has 0 saturated heterocycles. The molecule has 0 atom stereocenters. The predicted molar refractivity (Wildman–Crippen MR) is 83.5 cm³/mol.